The fourth-order valence-corrected chi connectivity index (χ4v) is 1.74. The van der Waals surface area contributed by atoms with Crippen LogP contribution in [0.15, 0.2) is 16.7 Å². The molecule has 0 aliphatic rings. The minimum atomic E-state index is 0.487. The number of furan rings is 1. The molecule has 1 aromatic rings. The Morgan fingerprint density at radius 2 is 2.20 bits per heavy atom. The molecule has 1 aromatic heterocycles. The summed E-state index contributed by atoms with van der Waals surface area (Å²) >= 11 is 0. The number of hydrogen-bond donors (Lipinski definition) is 1. The van der Waals surface area contributed by atoms with Crippen LogP contribution >= 0.6 is 0 Å². The summed E-state index contributed by atoms with van der Waals surface area (Å²) in [5.41, 5.74) is 6.83. The fourth-order valence-electron chi connectivity index (χ4n) is 1.74. The van der Waals surface area contributed by atoms with Crippen LogP contribution in [-0.4, -0.2) is 17.5 Å². The van der Waals surface area contributed by atoms with E-state index >= 15 is 0 Å². The largest absolute Gasteiger partial charge is 0.468 e. The number of nitrogens with two attached hydrogens (primary N) is 1. The summed E-state index contributed by atoms with van der Waals surface area (Å²) in [7, 11) is 0. The number of nitrogens with zero attached hydrogens (tertiary/aromatic N) is 1. The van der Waals surface area contributed by atoms with Gasteiger partial charge in [-0.1, -0.05) is 13.8 Å². The first-order valence-electron chi connectivity index (χ1n) is 5.72. The predicted octanol–water partition coefficient (Wildman–Crippen LogP) is 2.36. The lowest BCUT2D eigenvalue weighted by atomic mass is 10.1. The lowest BCUT2D eigenvalue weighted by Gasteiger charge is -2.26. The zero-order valence-corrected chi connectivity index (χ0v) is 9.99. The normalized spacial score (nSPS) is 13.4. The molecule has 0 spiro atoms. The van der Waals surface area contributed by atoms with Crippen molar-refractivity contribution in [3.63, 3.8) is 0 Å². The Kier molecular flexibility index (Phi) is 4.85. The molecule has 0 aromatic carbocycles. The quantitative estimate of drug-likeness (QED) is 0.783. The molecule has 0 aliphatic heterocycles. The molecule has 3 nitrogen and oxygen atoms in total. The highest BCUT2D eigenvalue weighted by molar-refractivity contribution is 5.16. The Labute approximate surface area is 92.2 Å². The maximum atomic E-state index is 5.61. The van der Waals surface area contributed by atoms with Gasteiger partial charge in [0.05, 0.1) is 12.8 Å². The third kappa shape index (κ3) is 3.08. The Morgan fingerprint density at radius 1 is 1.47 bits per heavy atom. The fraction of sp³-hybridized carbons (Fsp3) is 0.667. The van der Waals surface area contributed by atoms with E-state index in [9.17, 15) is 0 Å². The van der Waals surface area contributed by atoms with Gasteiger partial charge in [0.1, 0.15) is 5.76 Å². The zero-order valence-electron chi connectivity index (χ0n) is 9.99. The van der Waals surface area contributed by atoms with Crippen LogP contribution in [0.2, 0.25) is 0 Å². The molecule has 1 rings (SSSR count). The smallest absolute Gasteiger partial charge is 0.121 e. The Morgan fingerprint density at radius 3 is 2.73 bits per heavy atom. The number of rotatable bonds is 6. The molecule has 1 atom stereocenters. The average Bonchev–Trinajstić information content (AvgIpc) is 2.71. The van der Waals surface area contributed by atoms with Crippen molar-refractivity contribution in [1.82, 2.24) is 4.90 Å². The molecule has 3 heteroatoms. The van der Waals surface area contributed by atoms with Crippen LogP contribution in [0.25, 0.3) is 0 Å². The van der Waals surface area contributed by atoms with Crippen LogP contribution in [0.5, 0.6) is 0 Å². The van der Waals surface area contributed by atoms with Gasteiger partial charge in [-0.2, -0.15) is 0 Å². The van der Waals surface area contributed by atoms with Gasteiger partial charge in [0.15, 0.2) is 0 Å². The highest BCUT2D eigenvalue weighted by Gasteiger charge is 2.13. The van der Waals surface area contributed by atoms with E-state index in [4.69, 9.17) is 10.2 Å². The van der Waals surface area contributed by atoms with Gasteiger partial charge < -0.3 is 10.2 Å². The second kappa shape index (κ2) is 5.93. The Hall–Kier alpha value is -0.800. The first kappa shape index (κ1) is 12.3. The van der Waals surface area contributed by atoms with E-state index in [0.717, 1.165) is 18.8 Å². The monoisotopic (exact) mass is 210 g/mol. The van der Waals surface area contributed by atoms with Crippen LogP contribution in [0.4, 0.5) is 0 Å². The first-order valence-corrected chi connectivity index (χ1v) is 5.72. The summed E-state index contributed by atoms with van der Waals surface area (Å²) in [6, 6.07) is 2.63. The number of hydrogen-bond acceptors (Lipinski definition) is 3. The van der Waals surface area contributed by atoms with E-state index in [1.807, 2.05) is 6.07 Å². The van der Waals surface area contributed by atoms with Crippen molar-refractivity contribution >= 4 is 0 Å². The van der Waals surface area contributed by atoms with Crippen molar-refractivity contribution in [2.75, 3.05) is 6.54 Å². The van der Waals surface area contributed by atoms with Crippen molar-refractivity contribution in [2.24, 2.45) is 5.73 Å². The minimum absolute atomic E-state index is 0.487. The Bertz CT molecular complexity index is 283. The van der Waals surface area contributed by atoms with Crippen LogP contribution in [0.1, 0.15) is 38.5 Å². The van der Waals surface area contributed by atoms with E-state index in [2.05, 4.69) is 25.7 Å². The molecule has 2 N–H and O–H groups in total. The summed E-state index contributed by atoms with van der Waals surface area (Å²) in [6.07, 6.45) is 2.89. The maximum Gasteiger partial charge on any atom is 0.121 e. The van der Waals surface area contributed by atoms with Crippen LogP contribution in [0, 0.1) is 0 Å². The van der Waals surface area contributed by atoms with E-state index in [0.29, 0.717) is 12.6 Å². The molecule has 0 radical (unpaired) electrons. The minimum Gasteiger partial charge on any atom is -0.468 e. The van der Waals surface area contributed by atoms with Crippen LogP contribution in [0.3, 0.4) is 0 Å². The summed E-state index contributed by atoms with van der Waals surface area (Å²) in [5.74, 6) is 0.914. The molecule has 0 fully saturated rings. The van der Waals surface area contributed by atoms with Gasteiger partial charge in [-0.25, -0.2) is 0 Å². The van der Waals surface area contributed by atoms with Crippen molar-refractivity contribution in [3.05, 3.63) is 23.7 Å². The topological polar surface area (TPSA) is 42.4 Å². The lowest BCUT2D eigenvalue weighted by molar-refractivity contribution is 0.204. The molecular formula is C12H22N2O. The van der Waals surface area contributed by atoms with Crippen molar-refractivity contribution in [3.8, 4) is 0 Å². The van der Waals surface area contributed by atoms with E-state index in [-0.39, 0.29) is 0 Å². The molecule has 86 valence electrons. The molecule has 1 heterocycles. The molecule has 0 saturated heterocycles. The second-order valence-electron chi connectivity index (χ2n) is 3.89. The van der Waals surface area contributed by atoms with Crippen LogP contribution in [-0.2, 0) is 13.1 Å². The van der Waals surface area contributed by atoms with Crippen molar-refractivity contribution < 1.29 is 4.42 Å². The van der Waals surface area contributed by atoms with Gasteiger partial charge in [0, 0.05) is 18.2 Å². The van der Waals surface area contributed by atoms with E-state index in [1.165, 1.54) is 12.0 Å². The van der Waals surface area contributed by atoms with Crippen LogP contribution < -0.4 is 5.73 Å². The highest BCUT2D eigenvalue weighted by Crippen LogP contribution is 2.15. The van der Waals surface area contributed by atoms with E-state index in [1.54, 1.807) is 6.26 Å². The third-order valence-corrected chi connectivity index (χ3v) is 3.02. The standard InChI is InChI=1S/C12H22N2O/c1-4-10(3)14(5-2)9-11-6-7-15-12(11)8-13/h6-7,10H,4-5,8-9,13H2,1-3H3. The lowest BCUT2D eigenvalue weighted by Crippen LogP contribution is -2.32. The van der Waals surface area contributed by atoms with E-state index < -0.39 is 0 Å². The second-order valence-corrected chi connectivity index (χ2v) is 3.89. The summed E-state index contributed by atoms with van der Waals surface area (Å²) in [4.78, 5) is 2.43. The zero-order chi connectivity index (χ0) is 11.3. The maximum absolute atomic E-state index is 5.61. The highest BCUT2D eigenvalue weighted by atomic mass is 16.3. The molecule has 1 unspecified atom stereocenters. The average molecular weight is 210 g/mol. The van der Waals surface area contributed by atoms with Gasteiger partial charge in [0.2, 0.25) is 0 Å². The molecule has 15 heavy (non-hydrogen) atoms. The molecule has 0 amide bonds. The van der Waals surface area contributed by atoms with Gasteiger partial charge in [-0.15, -0.1) is 0 Å². The predicted molar refractivity (Wildman–Crippen MR) is 62.4 cm³/mol. The van der Waals surface area contributed by atoms with Crippen molar-refractivity contribution in [2.45, 2.75) is 46.3 Å². The van der Waals surface area contributed by atoms with Gasteiger partial charge in [-0.05, 0) is 26.0 Å². The SMILES string of the molecule is CCC(C)N(CC)Cc1ccoc1CN. The van der Waals surface area contributed by atoms with Crippen molar-refractivity contribution in [1.29, 1.82) is 0 Å². The summed E-state index contributed by atoms with van der Waals surface area (Å²) < 4.78 is 5.32. The Balaban J connectivity index is 2.66. The molecular weight excluding hydrogens is 188 g/mol. The summed E-state index contributed by atoms with van der Waals surface area (Å²) in [5, 5.41) is 0. The first-order chi connectivity index (χ1) is 7.22. The molecule has 0 aliphatic carbocycles. The molecule has 0 saturated carbocycles. The third-order valence-electron chi connectivity index (χ3n) is 3.02. The van der Waals surface area contributed by atoms with Gasteiger partial charge in [0.25, 0.3) is 0 Å². The van der Waals surface area contributed by atoms with Gasteiger partial charge in [-0.3, -0.25) is 4.90 Å². The van der Waals surface area contributed by atoms with Gasteiger partial charge >= 0.3 is 0 Å². The summed E-state index contributed by atoms with van der Waals surface area (Å²) in [6.45, 7) is 9.14. The molecule has 0 bridgehead atoms.